The number of halogens is 1. The van der Waals surface area contributed by atoms with E-state index in [1.165, 1.54) is 5.69 Å². The molecule has 2 aromatic rings. The first-order valence-corrected chi connectivity index (χ1v) is 8.31. The highest BCUT2D eigenvalue weighted by atomic mass is 127. The summed E-state index contributed by atoms with van der Waals surface area (Å²) in [7, 11) is 4.10. The van der Waals surface area contributed by atoms with Crippen LogP contribution in [0.4, 0.5) is 0 Å². The van der Waals surface area contributed by atoms with Gasteiger partial charge in [0.25, 0.3) is 0 Å². The number of nitrogens with one attached hydrogen (secondary N) is 1. The second kappa shape index (κ2) is 11.0. The Morgan fingerprint density at radius 3 is 2.80 bits per heavy atom. The molecule has 0 aliphatic rings. The van der Waals surface area contributed by atoms with Gasteiger partial charge in [0, 0.05) is 44.8 Å². The van der Waals surface area contributed by atoms with Crippen LogP contribution in [0.3, 0.4) is 0 Å². The molecule has 0 atom stereocenters. The van der Waals surface area contributed by atoms with Gasteiger partial charge in [-0.3, -0.25) is 0 Å². The zero-order valence-electron chi connectivity index (χ0n) is 15.4. The molecule has 0 spiro atoms. The molecule has 0 saturated heterocycles. The number of rotatable bonds is 7. The Bertz CT molecular complexity index is 671. The lowest BCUT2D eigenvalue weighted by atomic mass is 10.3. The maximum atomic E-state index is 5.44. The summed E-state index contributed by atoms with van der Waals surface area (Å²) in [5.41, 5.74) is 2.32. The Morgan fingerprint density at radius 1 is 1.36 bits per heavy atom. The van der Waals surface area contributed by atoms with Gasteiger partial charge in [0.05, 0.1) is 19.7 Å². The monoisotopic (exact) mass is 457 g/mol. The van der Waals surface area contributed by atoms with Gasteiger partial charge in [-0.15, -0.1) is 24.0 Å². The first-order chi connectivity index (χ1) is 11.6. The summed E-state index contributed by atoms with van der Waals surface area (Å²) >= 11 is 0. The standard InChI is InChI=1S/C18H27N5O.HI/c1-5-19-18(23(4)14-16-8-7-11-22(16)3)21-13-15-9-10-20-17(12-15)24-6-2;/h7-12H,5-6,13-14H2,1-4H3,(H,19,21);1H. The van der Waals surface area contributed by atoms with Gasteiger partial charge in [0.1, 0.15) is 0 Å². The minimum Gasteiger partial charge on any atom is -0.478 e. The van der Waals surface area contributed by atoms with Gasteiger partial charge >= 0.3 is 0 Å². The molecule has 2 rings (SSSR count). The molecule has 2 aromatic heterocycles. The number of aromatic nitrogens is 2. The van der Waals surface area contributed by atoms with E-state index in [0.717, 1.165) is 24.6 Å². The minimum absolute atomic E-state index is 0. The number of ether oxygens (including phenoxy) is 1. The zero-order chi connectivity index (χ0) is 17.4. The highest BCUT2D eigenvalue weighted by molar-refractivity contribution is 14.0. The molecule has 0 aliphatic heterocycles. The lowest BCUT2D eigenvalue weighted by Crippen LogP contribution is -2.38. The fourth-order valence-electron chi connectivity index (χ4n) is 2.39. The summed E-state index contributed by atoms with van der Waals surface area (Å²) in [4.78, 5) is 11.1. The molecule has 0 unspecified atom stereocenters. The van der Waals surface area contributed by atoms with Crippen molar-refractivity contribution in [1.29, 1.82) is 0 Å². The van der Waals surface area contributed by atoms with Crippen molar-refractivity contribution in [2.45, 2.75) is 26.9 Å². The number of pyridine rings is 1. The highest BCUT2D eigenvalue weighted by Gasteiger charge is 2.08. The third kappa shape index (κ3) is 6.56. The van der Waals surface area contributed by atoms with Crippen molar-refractivity contribution in [2.75, 3.05) is 20.2 Å². The van der Waals surface area contributed by atoms with Crippen molar-refractivity contribution in [1.82, 2.24) is 19.8 Å². The summed E-state index contributed by atoms with van der Waals surface area (Å²) < 4.78 is 7.57. The van der Waals surface area contributed by atoms with Crippen LogP contribution in [0.5, 0.6) is 5.88 Å². The molecule has 0 amide bonds. The van der Waals surface area contributed by atoms with E-state index in [4.69, 9.17) is 9.73 Å². The number of hydrogen-bond donors (Lipinski definition) is 1. The highest BCUT2D eigenvalue weighted by Crippen LogP contribution is 2.11. The fraction of sp³-hybridized carbons (Fsp3) is 0.444. The van der Waals surface area contributed by atoms with Crippen LogP contribution >= 0.6 is 24.0 Å². The summed E-state index contributed by atoms with van der Waals surface area (Å²) in [5, 5.41) is 3.34. The molecule has 138 valence electrons. The van der Waals surface area contributed by atoms with Crippen molar-refractivity contribution in [2.24, 2.45) is 12.0 Å². The third-order valence-electron chi connectivity index (χ3n) is 3.65. The van der Waals surface area contributed by atoms with Crippen molar-refractivity contribution < 1.29 is 4.74 Å². The second-order valence-corrected chi connectivity index (χ2v) is 5.57. The zero-order valence-corrected chi connectivity index (χ0v) is 17.7. The first-order valence-electron chi connectivity index (χ1n) is 8.31. The largest absolute Gasteiger partial charge is 0.478 e. The van der Waals surface area contributed by atoms with Gasteiger partial charge in [0.15, 0.2) is 5.96 Å². The van der Waals surface area contributed by atoms with Crippen LogP contribution in [0, 0.1) is 0 Å². The van der Waals surface area contributed by atoms with Crippen LogP contribution in [0.25, 0.3) is 0 Å². The van der Waals surface area contributed by atoms with Crippen molar-refractivity contribution in [3.05, 3.63) is 47.9 Å². The number of guanidine groups is 1. The van der Waals surface area contributed by atoms with Gasteiger partial charge in [-0.05, 0) is 37.6 Å². The van der Waals surface area contributed by atoms with Crippen LogP contribution in [-0.2, 0) is 20.1 Å². The first kappa shape index (κ1) is 21.3. The molecule has 0 aromatic carbocycles. The smallest absolute Gasteiger partial charge is 0.213 e. The van der Waals surface area contributed by atoms with E-state index in [1.54, 1.807) is 6.20 Å². The number of aliphatic imine (C=N–C) groups is 1. The van der Waals surface area contributed by atoms with Gasteiger partial charge in [0.2, 0.25) is 5.88 Å². The molecule has 25 heavy (non-hydrogen) atoms. The third-order valence-corrected chi connectivity index (χ3v) is 3.65. The lowest BCUT2D eigenvalue weighted by molar-refractivity contribution is 0.326. The minimum atomic E-state index is 0. The quantitative estimate of drug-likeness (QED) is 0.395. The Labute approximate surface area is 167 Å². The summed E-state index contributed by atoms with van der Waals surface area (Å²) in [6.45, 7) is 6.86. The molecule has 0 radical (unpaired) electrons. The van der Waals surface area contributed by atoms with E-state index in [-0.39, 0.29) is 24.0 Å². The predicted octanol–water partition coefficient (Wildman–Crippen LogP) is 3.03. The Hall–Kier alpha value is -1.77. The van der Waals surface area contributed by atoms with E-state index in [0.29, 0.717) is 19.0 Å². The van der Waals surface area contributed by atoms with E-state index >= 15 is 0 Å². The summed E-state index contributed by atoms with van der Waals surface area (Å²) in [6.07, 6.45) is 3.82. The molecule has 0 aliphatic carbocycles. The van der Waals surface area contributed by atoms with E-state index < -0.39 is 0 Å². The molecule has 0 fully saturated rings. The maximum absolute atomic E-state index is 5.44. The molecule has 0 bridgehead atoms. The number of hydrogen-bond acceptors (Lipinski definition) is 3. The number of nitrogens with zero attached hydrogens (tertiary/aromatic N) is 4. The molecule has 7 heteroatoms. The normalized spacial score (nSPS) is 11.0. The lowest BCUT2D eigenvalue weighted by Gasteiger charge is -2.22. The van der Waals surface area contributed by atoms with Crippen molar-refractivity contribution in [3.8, 4) is 5.88 Å². The maximum Gasteiger partial charge on any atom is 0.213 e. The SMILES string of the molecule is CCNC(=NCc1ccnc(OCC)c1)N(C)Cc1cccn1C.I. The van der Waals surface area contributed by atoms with Crippen molar-refractivity contribution in [3.63, 3.8) is 0 Å². The molecule has 0 saturated carbocycles. The Kier molecular flexibility index (Phi) is 9.33. The van der Waals surface area contributed by atoms with E-state index in [1.807, 2.05) is 26.1 Å². The van der Waals surface area contributed by atoms with E-state index in [2.05, 4.69) is 52.1 Å². The van der Waals surface area contributed by atoms with Crippen LogP contribution < -0.4 is 10.1 Å². The Morgan fingerprint density at radius 2 is 2.16 bits per heavy atom. The Balaban J connectivity index is 0.00000312. The molecule has 6 nitrogen and oxygen atoms in total. The van der Waals surface area contributed by atoms with Gasteiger partial charge in [-0.2, -0.15) is 0 Å². The van der Waals surface area contributed by atoms with Gasteiger partial charge in [-0.25, -0.2) is 9.98 Å². The molecule has 1 N–H and O–H groups in total. The van der Waals surface area contributed by atoms with Gasteiger partial charge < -0.3 is 19.5 Å². The summed E-state index contributed by atoms with van der Waals surface area (Å²) in [6, 6.07) is 8.08. The van der Waals surface area contributed by atoms with E-state index in [9.17, 15) is 0 Å². The molecular weight excluding hydrogens is 429 g/mol. The van der Waals surface area contributed by atoms with Gasteiger partial charge in [-0.1, -0.05) is 0 Å². The summed E-state index contributed by atoms with van der Waals surface area (Å²) in [5.74, 6) is 1.53. The van der Waals surface area contributed by atoms with Crippen LogP contribution in [0.15, 0.2) is 41.7 Å². The van der Waals surface area contributed by atoms with Crippen LogP contribution in [0.1, 0.15) is 25.1 Å². The average Bonchev–Trinajstić information content (AvgIpc) is 2.97. The van der Waals surface area contributed by atoms with Crippen LogP contribution in [-0.4, -0.2) is 40.6 Å². The number of aryl methyl sites for hydroxylation is 1. The van der Waals surface area contributed by atoms with Crippen molar-refractivity contribution >= 4 is 29.9 Å². The average molecular weight is 457 g/mol. The topological polar surface area (TPSA) is 54.7 Å². The van der Waals surface area contributed by atoms with Crippen LogP contribution in [0.2, 0.25) is 0 Å². The fourth-order valence-corrected chi connectivity index (χ4v) is 2.39. The second-order valence-electron chi connectivity index (χ2n) is 5.57. The predicted molar refractivity (Wildman–Crippen MR) is 113 cm³/mol. The molecular formula is C18H28IN5O. The molecule has 2 heterocycles.